The van der Waals surface area contributed by atoms with E-state index in [1.807, 2.05) is 0 Å². The maximum absolute atomic E-state index is 11.4. The fraction of sp³-hybridized carbons (Fsp3) is 0.600. The van der Waals surface area contributed by atoms with Crippen LogP contribution < -0.4 is 0 Å². The Morgan fingerprint density at radius 1 is 0.909 bits per heavy atom. The maximum Gasteiger partial charge on any atom is 0.420 e. The first-order chi connectivity index (χ1) is 4.69. The smallest absolute Gasteiger partial charge is 0.166 e. The van der Waals surface area contributed by atoms with Crippen LogP contribution in [0.1, 0.15) is 6.92 Å². The van der Waals surface area contributed by atoms with E-state index in [0.29, 0.717) is 6.92 Å². The van der Waals surface area contributed by atoms with E-state index < -0.39 is 17.9 Å². The van der Waals surface area contributed by atoms with Gasteiger partial charge in [-0.3, -0.25) is 0 Å². The molecule has 0 nitrogen and oxygen atoms in total. The third-order valence-corrected chi connectivity index (χ3v) is 0.899. The molecule has 0 saturated carbocycles. The second-order valence-corrected chi connectivity index (χ2v) is 1.70. The van der Waals surface area contributed by atoms with Crippen molar-refractivity contribution in [3.63, 3.8) is 0 Å². The quantitative estimate of drug-likeness (QED) is 0.395. The molecule has 0 aromatic carbocycles. The highest BCUT2D eigenvalue weighted by Crippen LogP contribution is 2.38. The first-order valence-corrected chi connectivity index (χ1v) is 2.50. The van der Waals surface area contributed by atoms with Crippen molar-refractivity contribution >= 4 is 0 Å². The fourth-order valence-corrected chi connectivity index (χ4v) is 0.488. The van der Waals surface area contributed by atoms with Gasteiger partial charge in [-0.1, -0.05) is 6.08 Å². The Bertz CT molecular complexity index is 143. The summed E-state index contributed by atoms with van der Waals surface area (Å²) >= 11 is 0. The molecule has 0 spiro atoms. The molecular formula is C5H4F6. The number of hydrogen-bond donors (Lipinski definition) is 0. The SMILES string of the molecule is CC=C(C(F)(F)F)C(F)(F)F. The molecule has 0 bridgehead atoms. The van der Waals surface area contributed by atoms with Crippen LogP contribution in [0.15, 0.2) is 11.6 Å². The van der Waals surface area contributed by atoms with E-state index in [1.165, 1.54) is 0 Å². The molecule has 0 radical (unpaired) electrons. The van der Waals surface area contributed by atoms with Gasteiger partial charge >= 0.3 is 12.4 Å². The fourth-order valence-electron chi connectivity index (χ4n) is 0.488. The topological polar surface area (TPSA) is 0 Å². The lowest BCUT2D eigenvalue weighted by Gasteiger charge is -2.13. The molecule has 0 fully saturated rings. The Morgan fingerprint density at radius 3 is 1.18 bits per heavy atom. The van der Waals surface area contributed by atoms with Crippen molar-refractivity contribution < 1.29 is 26.3 Å². The van der Waals surface area contributed by atoms with Crippen LogP contribution in [0.5, 0.6) is 0 Å². The van der Waals surface area contributed by atoms with E-state index in [-0.39, 0.29) is 6.08 Å². The monoisotopic (exact) mass is 178 g/mol. The van der Waals surface area contributed by atoms with Gasteiger partial charge in [0.15, 0.2) is 0 Å². The molecule has 0 rings (SSSR count). The summed E-state index contributed by atoms with van der Waals surface area (Å²) in [6, 6.07) is 0. The number of halogens is 6. The molecule has 0 aromatic heterocycles. The lowest BCUT2D eigenvalue weighted by molar-refractivity contribution is -0.172. The van der Waals surface area contributed by atoms with E-state index in [1.54, 1.807) is 0 Å². The van der Waals surface area contributed by atoms with E-state index >= 15 is 0 Å². The first-order valence-electron chi connectivity index (χ1n) is 2.50. The largest absolute Gasteiger partial charge is 0.420 e. The Morgan fingerprint density at radius 2 is 1.18 bits per heavy atom. The molecule has 0 aliphatic carbocycles. The van der Waals surface area contributed by atoms with Crippen molar-refractivity contribution in [1.29, 1.82) is 0 Å². The summed E-state index contributed by atoms with van der Waals surface area (Å²) in [6.45, 7) is 0.691. The molecule has 11 heavy (non-hydrogen) atoms. The van der Waals surface area contributed by atoms with Gasteiger partial charge in [0.2, 0.25) is 0 Å². The summed E-state index contributed by atoms with van der Waals surface area (Å²) in [5, 5.41) is 0. The Labute approximate surface area is 58.5 Å². The Hall–Kier alpha value is -0.680. The van der Waals surface area contributed by atoms with Gasteiger partial charge in [-0.25, -0.2) is 0 Å². The second-order valence-electron chi connectivity index (χ2n) is 1.70. The zero-order chi connectivity index (χ0) is 9.28. The standard InChI is InChI=1S/C5H4F6/c1-2-3(4(6,7)8)5(9,10)11/h2H,1H3. The van der Waals surface area contributed by atoms with Crippen LogP contribution in [0, 0.1) is 0 Å². The molecule has 0 saturated heterocycles. The average molecular weight is 178 g/mol. The first kappa shape index (κ1) is 10.3. The molecule has 66 valence electrons. The predicted molar refractivity (Wildman–Crippen MR) is 25.9 cm³/mol. The van der Waals surface area contributed by atoms with Crippen molar-refractivity contribution in [3.8, 4) is 0 Å². The molecule has 0 aliphatic heterocycles. The van der Waals surface area contributed by atoms with E-state index in [9.17, 15) is 26.3 Å². The zero-order valence-corrected chi connectivity index (χ0v) is 5.35. The highest BCUT2D eigenvalue weighted by molar-refractivity contribution is 5.13. The van der Waals surface area contributed by atoms with Gasteiger partial charge in [-0.05, 0) is 6.92 Å². The molecule has 0 aromatic rings. The van der Waals surface area contributed by atoms with Crippen LogP contribution in [-0.4, -0.2) is 12.4 Å². The van der Waals surface area contributed by atoms with Gasteiger partial charge in [-0.15, -0.1) is 0 Å². The second kappa shape index (κ2) is 2.75. The van der Waals surface area contributed by atoms with Gasteiger partial charge in [-0.2, -0.15) is 26.3 Å². The van der Waals surface area contributed by atoms with Gasteiger partial charge in [0.1, 0.15) is 5.57 Å². The number of allylic oxidation sites excluding steroid dienone is 2. The van der Waals surface area contributed by atoms with E-state index in [4.69, 9.17) is 0 Å². The Balaban J connectivity index is 4.74. The van der Waals surface area contributed by atoms with Crippen LogP contribution in [0.3, 0.4) is 0 Å². The number of hydrogen-bond acceptors (Lipinski definition) is 0. The third kappa shape index (κ3) is 2.81. The molecule has 0 N–H and O–H groups in total. The third-order valence-electron chi connectivity index (χ3n) is 0.899. The van der Waals surface area contributed by atoms with Crippen LogP contribution in [0.2, 0.25) is 0 Å². The van der Waals surface area contributed by atoms with Gasteiger partial charge in [0.25, 0.3) is 0 Å². The van der Waals surface area contributed by atoms with E-state index in [0.717, 1.165) is 0 Å². The van der Waals surface area contributed by atoms with Crippen LogP contribution in [-0.2, 0) is 0 Å². The average Bonchev–Trinajstić information content (AvgIpc) is 1.56. The molecule has 0 heterocycles. The minimum absolute atomic E-state index is 0. The zero-order valence-electron chi connectivity index (χ0n) is 5.35. The molecule has 0 aliphatic rings. The summed E-state index contributed by atoms with van der Waals surface area (Å²) in [5.41, 5.74) is -2.47. The van der Waals surface area contributed by atoms with E-state index in [2.05, 4.69) is 0 Å². The van der Waals surface area contributed by atoms with Crippen molar-refractivity contribution in [2.75, 3.05) is 0 Å². The number of rotatable bonds is 0. The molecule has 6 heteroatoms. The normalized spacial score (nSPS) is 13.0. The summed E-state index contributed by atoms with van der Waals surface area (Å²) < 4.78 is 68.6. The van der Waals surface area contributed by atoms with Crippen molar-refractivity contribution in [2.45, 2.75) is 19.3 Å². The molecule has 0 unspecified atom stereocenters. The predicted octanol–water partition coefficient (Wildman–Crippen LogP) is 3.06. The van der Waals surface area contributed by atoms with Gasteiger partial charge in [0.05, 0.1) is 0 Å². The lowest BCUT2D eigenvalue weighted by atomic mass is 10.2. The highest BCUT2D eigenvalue weighted by atomic mass is 19.4. The maximum atomic E-state index is 11.4. The number of alkyl halides is 6. The summed E-state index contributed by atoms with van der Waals surface area (Å²) in [4.78, 5) is 0. The van der Waals surface area contributed by atoms with Gasteiger partial charge < -0.3 is 0 Å². The summed E-state index contributed by atoms with van der Waals surface area (Å²) in [7, 11) is 0. The van der Waals surface area contributed by atoms with Crippen LogP contribution >= 0.6 is 0 Å². The molecular weight excluding hydrogens is 174 g/mol. The van der Waals surface area contributed by atoms with Crippen LogP contribution in [0.4, 0.5) is 26.3 Å². The highest BCUT2D eigenvalue weighted by Gasteiger charge is 2.50. The van der Waals surface area contributed by atoms with Gasteiger partial charge in [0, 0.05) is 0 Å². The van der Waals surface area contributed by atoms with Crippen molar-refractivity contribution in [1.82, 2.24) is 0 Å². The minimum Gasteiger partial charge on any atom is -0.166 e. The lowest BCUT2D eigenvalue weighted by Crippen LogP contribution is -2.25. The summed E-state index contributed by atoms with van der Waals surface area (Å²) in [5.74, 6) is 0. The van der Waals surface area contributed by atoms with Crippen LogP contribution in [0.25, 0.3) is 0 Å². The summed E-state index contributed by atoms with van der Waals surface area (Å²) in [6.07, 6.45) is -10.6. The minimum atomic E-state index is -5.31. The molecule has 0 amide bonds. The van der Waals surface area contributed by atoms with Crippen molar-refractivity contribution in [2.24, 2.45) is 0 Å². The molecule has 0 atom stereocenters. The Kier molecular flexibility index (Phi) is 2.58. The van der Waals surface area contributed by atoms with Crippen molar-refractivity contribution in [3.05, 3.63) is 11.6 Å².